The molecule has 0 heterocycles. The van der Waals surface area contributed by atoms with Gasteiger partial charge in [-0.25, -0.2) is 0 Å². The molecule has 0 aromatic heterocycles. The number of rotatable bonds is 1. The zero-order valence-corrected chi connectivity index (χ0v) is 11.6. The van der Waals surface area contributed by atoms with Crippen molar-refractivity contribution in [2.45, 2.75) is 26.4 Å². The van der Waals surface area contributed by atoms with Gasteiger partial charge >= 0.3 is 0 Å². The van der Waals surface area contributed by atoms with Crippen LogP contribution in [0.5, 0.6) is 5.75 Å². The molecular formula is C18H22OSi. The predicted molar refractivity (Wildman–Crippen MR) is 90.6 cm³/mol. The Balaban J connectivity index is 0.00000200. The van der Waals surface area contributed by atoms with Crippen LogP contribution in [0.3, 0.4) is 0 Å². The van der Waals surface area contributed by atoms with E-state index < -0.39 is 0 Å². The van der Waals surface area contributed by atoms with E-state index in [-0.39, 0.29) is 16.6 Å². The lowest BCUT2D eigenvalue weighted by atomic mass is 10.1. The largest absolute Gasteiger partial charge is 0.487 e. The van der Waals surface area contributed by atoms with Gasteiger partial charge < -0.3 is 4.74 Å². The maximum Gasteiger partial charge on any atom is 0.135 e. The van der Waals surface area contributed by atoms with Crippen molar-refractivity contribution in [1.29, 1.82) is 0 Å². The summed E-state index contributed by atoms with van der Waals surface area (Å²) in [4.78, 5) is 0. The Bertz CT molecular complexity index is 601. The molecule has 2 heteroatoms. The van der Waals surface area contributed by atoms with Crippen LogP contribution in [0, 0.1) is 11.8 Å². The van der Waals surface area contributed by atoms with E-state index in [0.717, 1.165) is 16.9 Å². The van der Waals surface area contributed by atoms with Gasteiger partial charge in [-0.15, -0.1) is 0 Å². The summed E-state index contributed by atoms with van der Waals surface area (Å²) in [7, 11) is 0. The van der Waals surface area contributed by atoms with Gasteiger partial charge in [-0.05, 0) is 56.0 Å². The normalized spacial score (nSPS) is 9.95. The SMILES string of the molecule is CC(C)(C)Oc1ccccc1C#Cc1ccccc1.[SiH4]. The van der Waals surface area contributed by atoms with Crippen LogP contribution in [0.15, 0.2) is 54.6 Å². The number of hydrogen-bond donors (Lipinski definition) is 0. The maximum absolute atomic E-state index is 5.92. The predicted octanol–water partition coefficient (Wildman–Crippen LogP) is 2.81. The molecule has 0 N–H and O–H groups in total. The lowest BCUT2D eigenvalue weighted by molar-refractivity contribution is 0.130. The first-order valence-corrected chi connectivity index (χ1v) is 6.40. The van der Waals surface area contributed by atoms with Crippen molar-refractivity contribution in [1.82, 2.24) is 0 Å². The fourth-order valence-corrected chi connectivity index (χ4v) is 1.65. The van der Waals surface area contributed by atoms with Gasteiger partial charge in [-0.1, -0.05) is 42.2 Å². The molecule has 0 aliphatic carbocycles. The Morgan fingerprint density at radius 1 is 0.800 bits per heavy atom. The lowest BCUT2D eigenvalue weighted by Gasteiger charge is -2.22. The molecule has 0 amide bonds. The summed E-state index contributed by atoms with van der Waals surface area (Å²) in [6, 6.07) is 17.8. The van der Waals surface area contributed by atoms with E-state index >= 15 is 0 Å². The van der Waals surface area contributed by atoms with E-state index in [2.05, 4.69) is 11.8 Å². The standard InChI is InChI=1S/C18H18O.H4Si/c1-18(2,3)19-17-12-8-7-11-16(17)14-13-15-9-5-4-6-10-15;/h4-12H,1-3H3;1H4. The summed E-state index contributed by atoms with van der Waals surface area (Å²) in [5, 5.41) is 0. The second kappa shape index (κ2) is 6.98. The molecule has 0 saturated heterocycles. The monoisotopic (exact) mass is 282 g/mol. The Labute approximate surface area is 126 Å². The fourth-order valence-electron chi connectivity index (χ4n) is 1.65. The van der Waals surface area contributed by atoms with E-state index in [1.54, 1.807) is 0 Å². The number of benzene rings is 2. The van der Waals surface area contributed by atoms with E-state index in [0.29, 0.717) is 0 Å². The number of hydrogen-bond acceptors (Lipinski definition) is 1. The van der Waals surface area contributed by atoms with Crippen molar-refractivity contribution in [2.24, 2.45) is 0 Å². The molecule has 0 radical (unpaired) electrons. The summed E-state index contributed by atoms with van der Waals surface area (Å²) < 4.78 is 5.92. The second-order valence-corrected chi connectivity index (χ2v) is 5.33. The van der Waals surface area contributed by atoms with Gasteiger partial charge in [0, 0.05) is 5.56 Å². The molecule has 0 spiro atoms. The first-order valence-electron chi connectivity index (χ1n) is 6.40. The molecule has 2 aromatic carbocycles. The van der Waals surface area contributed by atoms with Crippen LogP contribution in [0.25, 0.3) is 0 Å². The smallest absolute Gasteiger partial charge is 0.135 e. The molecule has 2 aromatic rings. The minimum atomic E-state index is -0.218. The summed E-state index contributed by atoms with van der Waals surface area (Å²) in [6.45, 7) is 6.11. The van der Waals surface area contributed by atoms with Crippen LogP contribution in [0.1, 0.15) is 31.9 Å². The van der Waals surface area contributed by atoms with E-state index in [4.69, 9.17) is 4.74 Å². The van der Waals surface area contributed by atoms with Crippen molar-refractivity contribution in [3.63, 3.8) is 0 Å². The van der Waals surface area contributed by atoms with Crippen molar-refractivity contribution >= 4 is 11.0 Å². The molecule has 2 rings (SSSR count). The minimum Gasteiger partial charge on any atom is -0.487 e. The molecule has 0 aliphatic heterocycles. The first kappa shape index (κ1) is 16.1. The van der Waals surface area contributed by atoms with Crippen LogP contribution in [0.4, 0.5) is 0 Å². The second-order valence-electron chi connectivity index (χ2n) is 5.33. The molecular weight excluding hydrogens is 260 g/mol. The molecule has 104 valence electrons. The fraction of sp³-hybridized carbons (Fsp3) is 0.222. The summed E-state index contributed by atoms with van der Waals surface area (Å²) in [6.07, 6.45) is 0. The van der Waals surface area contributed by atoms with Gasteiger partial charge in [0.05, 0.1) is 5.56 Å². The topological polar surface area (TPSA) is 9.23 Å². The molecule has 0 saturated carbocycles. The van der Waals surface area contributed by atoms with Crippen LogP contribution in [-0.2, 0) is 0 Å². The lowest BCUT2D eigenvalue weighted by Crippen LogP contribution is -2.23. The Hall–Kier alpha value is -1.98. The van der Waals surface area contributed by atoms with Gasteiger partial charge in [-0.2, -0.15) is 0 Å². The third kappa shape index (κ3) is 4.95. The Morgan fingerprint density at radius 2 is 1.40 bits per heavy atom. The van der Waals surface area contributed by atoms with Gasteiger partial charge in [0.2, 0.25) is 0 Å². The Morgan fingerprint density at radius 3 is 2.05 bits per heavy atom. The highest BCUT2D eigenvalue weighted by Gasteiger charge is 2.13. The van der Waals surface area contributed by atoms with Crippen molar-refractivity contribution < 1.29 is 4.74 Å². The summed E-state index contributed by atoms with van der Waals surface area (Å²) >= 11 is 0. The zero-order chi connectivity index (χ0) is 13.7. The quantitative estimate of drug-likeness (QED) is 0.577. The van der Waals surface area contributed by atoms with Crippen LogP contribution in [0.2, 0.25) is 0 Å². The molecule has 0 unspecified atom stereocenters. The number of ether oxygens (including phenoxy) is 1. The average molecular weight is 282 g/mol. The van der Waals surface area contributed by atoms with Gasteiger partial charge in [0.25, 0.3) is 0 Å². The first-order chi connectivity index (χ1) is 9.04. The molecule has 0 fully saturated rings. The van der Waals surface area contributed by atoms with E-state index in [1.807, 2.05) is 75.4 Å². The third-order valence-electron chi connectivity index (χ3n) is 2.42. The third-order valence-corrected chi connectivity index (χ3v) is 2.42. The summed E-state index contributed by atoms with van der Waals surface area (Å²) in [5.41, 5.74) is 1.71. The summed E-state index contributed by atoms with van der Waals surface area (Å²) in [5.74, 6) is 7.17. The van der Waals surface area contributed by atoms with Gasteiger partial charge in [-0.3, -0.25) is 0 Å². The number of para-hydroxylation sites is 1. The van der Waals surface area contributed by atoms with Gasteiger partial charge in [0.1, 0.15) is 11.4 Å². The highest BCUT2D eigenvalue weighted by molar-refractivity contribution is 5.75. The van der Waals surface area contributed by atoms with Crippen LogP contribution in [-0.4, -0.2) is 16.6 Å². The minimum absolute atomic E-state index is 0. The van der Waals surface area contributed by atoms with Crippen molar-refractivity contribution in [3.05, 3.63) is 65.7 Å². The highest BCUT2D eigenvalue weighted by Crippen LogP contribution is 2.22. The van der Waals surface area contributed by atoms with Gasteiger partial charge in [0.15, 0.2) is 0 Å². The van der Waals surface area contributed by atoms with Crippen molar-refractivity contribution in [2.75, 3.05) is 0 Å². The molecule has 0 atom stereocenters. The molecule has 20 heavy (non-hydrogen) atoms. The van der Waals surface area contributed by atoms with Crippen molar-refractivity contribution in [3.8, 4) is 17.6 Å². The van der Waals surface area contributed by atoms with E-state index in [1.165, 1.54) is 0 Å². The molecule has 0 bridgehead atoms. The molecule has 0 aliphatic rings. The maximum atomic E-state index is 5.92. The molecule has 1 nitrogen and oxygen atoms in total. The van der Waals surface area contributed by atoms with Crippen LogP contribution < -0.4 is 4.74 Å². The zero-order valence-electron chi connectivity index (χ0n) is 11.6. The Kier molecular flexibility index (Phi) is 5.61. The average Bonchev–Trinajstić information content (AvgIpc) is 2.37. The highest BCUT2D eigenvalue weighted by atomic mass is 28.1. The van der Waals surface area contributed by atoms with Crippen LogP contribution >= 0.6 is 0 Å². The van der Waals surface area contributed by atoms with E-state index in [9.17, 15) is 0 Å².